The first-order valence-electron chi connectivity index (χ1n) is 8.19. The van der Waals surface area contributed by atoms with Gasteiger partial charge in [-0.15, -0.1) is 0 Å². The number of nitriles is 1. The van der Waals surface area contributed by atoms with Crippen molar-refractivity contribution in [3.05, 3.63) is 22.8 Å². The SMILES string of the molecule is N#CCCCCS(=O)(=O)N1CCC(C(=O)Nc2ccc(Br)cn2)CC1. The van der Waals surface area contributed by atoms with Crippen LogP contribution in [0.1, 0.15) is 32.1 Å². The number of hydrogen-bond donors (Lipinski definition) is 1. The molecule has 0 spiro atoms. The molecule has 1 saturated heterocycles. The number of nitrogens with zero attached hydrogens (tertiary/aromatic N) is 3. The molecule has 1 aromatic heterocycles. The molecule has 9 heteroatoms. The fraction of sp³-hybridized carbons (Fsp3) is 0.562. The molecule has 1 N–H and O–H groups in total. The predicted octanol–water partition coefficient (Wildman–Crippen LogP) is 2.52. The molecule has 136 valence electrons. The van der Waals surface area contributed by atoms with Gasteiger partial charge >= 0.3 is 0 Å². The van der Waals surface area contributed by atoms with Crippen molar-refractivity contribution in [2.24, 2.45) is 5.92 Å². The van der Waals surface area contributed by atoms with Gasteiger partial charge in [-0.05, 0) is 53.7 Å². The van der Waals surface area contributed by atoms with E-state index in [1.54, 1.807) is 18.3 Å². The number of amides is 1. The maximum Gasteiger partial charge on any atom is 0.228 e. The highest BCUT2D eigenvalue weighted by atomic mass is 79.9. The Morgan fingerprint density at radius 1 is 1.36 bits per heavy atom. The number of anilines is 1. The highest BCUT2D eigenvalue weighted by Crippen LogP contribution is 2.22. The third-order valence-corrected chi connectivity index (χ3v) is 6.56. The predicted molar refractivity (Wildman–Crippen MR) is 98.1 cm³/mol. The lowest BCUT2D eigenvalue weighted by atomic mass is 9.97. The summed E-state index contributed by atoms with van der Waals surface area (Å²) in [5.41, 5.74) is 0. The number of sulfonamides is 1. The Bertz CT molecular complexity index is 723. The molecule has 2 rings (SSSR count). The van der Waals surface area contributed by atoms with Crippen molar-refractivity contribution in [2.45, 2.75) is 32.1 Å². The van der Waals surface area contributed by atoms with Crippen LogP contribution in [0.2, 0.25) is 0 Å². The van der Waals surface area contributed by atoms with Crippen molar-refractivity contribution in [3.63, 3.8) is 0 Å². The van der Waals surface area contributed by atoms with E-state index in [0.717, 1.165) is 4.47 Å². The molecule has 2 heterocycles. The van der Waals surface area contributed by atoms with Crippen molar-refractivity contribution < 1.29 is 13.2 Å². The second-order valence-corrected chi connectivity index (χ2v) is 8.96. The monoisotopic (exact) mass is 428 g/mol. The molecule has 7 nitrogen and oxygen atoms in total. The number of carbonyl (C=O) groups is 1. The van der Waals surface area contributed by atoms with Crippen molar-refractivity contribution in [1.82, 2.24) is 9.29 Å². The van der Waals surface area contributed by atoms with E-state index in [2.05, 4.69) is 26.2 Å². The van der Waals surface area contributed by atoms with Gasteiger partial charge in [-0.1, -0.05) is 0 Å². The van der Waals surface area contributed by atoms with E-state index in [1.165, 1.54) is 4.31 Å². The molecule has 0 bridgehead atoms. The van der Waals surface area contributed by atoms with Crippen LogP contribution in [-0.4, -0.2) is 42.5 Å². The average molecular weight is 429 g/mol. The maximum atomic E-state index is 12.3. The van der Waals surface area contributed by atoms with Crippen LogP contribution >= 0.6 is 15.9 Å². The quantitative estimate of drug-likeness (QED) is 0.671. The van der Waals surface area contributed by atoms with Crippen molar-refractivity contribution >= 4 is 37.7 Å². The highest BCUT2D eigenvalue weighted by Gasteiger charge is 2.30. The van der Waals surface area contributed by atoms with Crippen LogP contribution in [0.4, 0.5) is 5.82 Å². The minimum absolute atomic E-state index is 0.0638. The number of aromatic nitrogens is 1. The Morgan fingerprint density at radius 2 is 2.08 bits per heavy atom. The van der Waals surface area contributed by atoms with Crippen molar-refractivity contribution in [3.8, 4) is 6.07 Å². The largest absolute Gasteiger partial charge is 0.310 e. The van der Waals surface area contributed by atoms with Gasteiger partial charge in [0.25, 0.3) is 0 Å². The Labute approximate surface area is 156 Å². The lowest BCUT2D eigenvalue weighted by Crippen LogP contribution is -2.42. The van der Waals surface area contributed by atoms with Gasteiger partial charge in [0.05, 0.1) is 11.8 Å². The number of halogens is 1. The standard InChI is InChI=1S/C16H21BrN4O3S/c17-14-4-5-15(19-12-14)20-16(22)13-6-9-21(10-7-13)25(23,24)11-3-1-2-8-18/h4-5,12-13H,1-3,6-7,9-11H2,(H,19,20,22). The Hall–Kier alpha value is -1.50. The molecule has 0 atom stereocenters. The molecule has 0 unspecified atom stereocenters. The van der Waals surface area contributed by atoms with Gasteiger partial charge in [0.2, 0.25) is 15.9 Å². The molecule has 1 aromatic rings. The first-order valence-corrected chi connectivity index (χ1v) is 10.6. The lowest BCUT2D eigenvalue weighted by Gasteiger charge is -2.30. The first kappa shape index (κ1) is 19.8. The molecule has 1 fully saturated rings. The molecule has 0 aromatic carbocycles. The number of hydrogen-bond acceptors (Lipinski definition) is 5. The summed E-state index contributed by atoms with van der Waals surface area (Å²) in [4.78, 5) is 16.4. The number of unbranched alkanes of at least 4 members (excludes halogenated alkanes) is 2. The maximum absolute atomic E-state index is 12.3. The van der Waals surface area contributed by atoms with Gasteiger partial charge in [-0.2, -0.15) is 5.26 Å². The first-order chi connectivity index (χ1) is 11.9. The molecule has 0 radical (unpaired) electrons. The zero-order valence-electron chi connectivity index (χ0n) is 13.8. The number of piperidine rings is 1. The Kier molecular flexibility index (Phi) is 7.35. The Morgan fingerprint density at radius 3 is 2.68 bits per heavy atom. The summed E-state index contributed by atoms with van der Waals surface area (Å²) in [5.74, 6) is 0.214. The van der Waals surface area contributed by atoms with Crippen molar-refractivity contribution in [2.75, 3.05) is 24.2 Å². The van der Waals surface area contributed by atoms with E-state index in [9.17, 15) is 13.2 Å². The summed E-state index contributed by atoms with van der Waals surface area (Å²) >= 11 is 3.29. The van der Waals surface area contributed by atoms with Crippen LogP contribution < -0.4 is 5.32 Å². The Balaban J connectivity index is 1.81. The van der Waals surface area contributed by atoms with Gasteiger partial charge in [0.1, 0.15) is 5.82 Å². The minimum Gasteiger partial charge on any atom is -0.310 e. The van der Waals surface area contributed by atoms with Crippen molar-refractivity contribution in [1.29, 1.82) is 5.26 Å². The number of rotatable bonds is 7. The van der Waals surface area contributed by atoms with Crippen LogP contribution in [0.5, 0.6) is 0 Å². The molecule has 1 amide bonds. The molecule has 0 aliphatic carbocycles. The van der Waals surface area contributed by atoms with Gasteiger partial charge in [-0.3, -0.25) is 4.79 Å². The summed E-state index contributed by atoms with van der Waals surface area (Å²) in [6.45, 7) is 0.707. The second-order valence-electron chi connectivity index (χ2n) is 5.96. The summed E-state index contributed by atoms with van der Waals surface area (Å²) in [7, 11) is -3.30. The third kappa shape index (κ3) is 6.06. The molecule has 1 aliphatic heterocycles. The summed E-state index contributed by atoms with van der Waals surface area (Å²) in [5, 5.41) is 11.3. The fourth-order valence-corrected chi connectivity index (χ4v) is 4.52. The van der Waals surface area contributed by atoms with E-state index in [0.29, 0.717) is 51.0 Å². The van der Waals surface area contributed by atoms with E-state index in [4.69, 9.17) is 5.26 Å². The molecular formula is C16H21BrN4O3S. The zero-order valence-corrected chi connectivity index (χ0v) is 16.2. The third-order valence-electron chi connectivity index (χ3n) is 4.14. The lowest BCUT2D eigenvalue weighted by molar-refractivity contribution is -0.120. The van der Waals surface area contributed by atoms with Gasteiger partial charge in [-0.25, -0.2) is 17.7 Å². The molecule has 25 heavy (non-hydrogen) atoms. The van der Waals surface area contributed by atoms with E-state index >= 15 is 0 Å². The van der Waals surface area contributed by atoms with Crippen LogP contribution in [0.3, 0.4) is 0 Å². The molecular weight excluding hydrogens is 408 g/mol. The number of pyridine rings is 1. The fourth-order valence-electron chi connectivity index (χ4n) is 2.69. The van der Waals surface area contributed by atoms with Gasteiger partial charge in [0.15, 0.2) is 0 Å². The average Bonchev–Trinajstić information content (AvgIpc) is 2.61. The number of carbonyl (C=O) groups excluding carboxylic acids is 1. The smallest absolute Gasteiger partial charge is 0.228 e. The van der Waals surface area contributed by atoms with Gasteiger partial charge in [0, 0.05) is 36.1 Å². The topological polar surface area (TPSA) is 103 Å². The van der Waals surface area contributed by atoms with E-state index < -0.39 is 10.0 Å². The molecule has 1 aliphatic rings. The zero-order chi connectivity index (χ0) is 18.3. The van der Waals surface area contributed by atoms with Crippen LogP contribution in [0.25, 0.3) is 0 Å². The summed E-state index contributed by atoms with van der Waals surface area (Å²) in [6, 6.07) is 5.52. The second kappa shape index (κ2) is 9.27. The highest BCUT2D eigenvalue weighted by molar-refractivity contribution is 9.10. The minimum atomic E-state index is -3.30. The summed E-state index contributed by atoms with van der Waals surface area (Å²) < 4.78 is 26.8. The summed E-state index contributed by atoms with van der Waals surface area (Å²) in [6.07, 6.45) is 4.07. The normalized spacial score (nSPS) is 16.3. The number of nitrogens with one attached hydrogen (secondary N) is 1. The molecule has 0 saturated carbocycles. The van der Waals surface area contributed by atoms with Crippen LogP contribution in [-0.2, 0) is 14.8 Å². The van der Waals surface area contributed by atoms with Crippen LogP contribution in [0, 0.1) is 17.2 Å². The van der Waals surface area contributed by atoms with Crippen LogP contribution in [0.15, 0.2) is 22.8 Å². The van der Waals surface area contributed by atoms with E-state index in [1.807, 2.05) is 6.07 Å². The van der Waals surface area contributed by atoms with E-state index in [-0.39, 0.29) is 17.6 Å². The van der Waals surface area contributed by atoms with Gasteiger partial charge < -0.3 is 5.32 Å².